The zero-order chi connectivity index (χ0) is 13.2. The first-order chi connectivity index (χ1) is 7.88. The third-order valence-electron chi connectivity index (χ3n) is 2.99. The second-order valence-corrected chi connectivity index (χ2v) is 5.30. The Hall–Kier alpha value is -1.14. The van der Waals surface area contributed by atoms with Gasteiger partial charge in [-0.05, 0) is 20.8 Å². The maximum atomic E-state index is 11.9. The van der Waals surface area contributed by atoms with Crippen LogP contribution in [-0.2, 0) is 11.3 Å². The van der Waals surface area contributed by atoms with Gasteiger partial charge in [-0.2, -0.15) is 0 Å². The van der Waals surface area contributed by atoms with Crippen LogP contribution in [0.25, 0.3) is 0 Å². The number of carbonyl (C=O) groups excluding carboxylic acids is 1. The molecule has 1 atom stereocenters. The van der Waals surface area contributed by atoms with Crippen LogP contribution in [-0.4, -0.2) is 40.2 Å². The van der Waals surface area contributed by atoms with Crippen LogP contribution >= 0.6 is 11.3 Å². The van der Waals surface area contributed by atoms with Crippen molar-refractivity contribution < 1.29 is 9.90 Å². The molecule has 0 saturated carbocycles. The van der Waals surface area contributed by atoms with Crippen LogP contribution < -0.4 is 4.87 Å². The second-order valence-electron chi connectivity index (χ2n) is 4.13. The van der Waals surface area contributed by atoms with E-state index in [1.807, 2.05) is 13.8 Å². The summed E-state index contributed by atoms with van der Waals surface area (Å²) in [6.45, 7) is 5.40. The summed E-state index contributed by atoms with van der Waals surface area (Å²) in [5, 5.41) is 8.97. The van der Waals surface area contributed by atoms with Gasteiger partial charge in [-0.1, -0.05) is 11.3 Å². The monoisotopic (exact) mass is 258 g/mol. The standard InChI is InChI=1S/C11H18N2O3S/c1-7(6-14)12(4)10(15)5-13-8(2)9(3)17-11(13)16/h7,14H,5-6H2,1-4H3. The highest BCUT2D eigenvalue weighted by Gasteiger charge is 2.17. The average molecular weight is 258 g/mol. The van der Waals surface area contributed by atoms with Crippen LogP contribution in [0.5, 0.6) is 0 Å². The largest absolute Gasteiger partial charge is 0.394 e. The lowest BCUT2D eigenvalue weighted by molar-refractivity contribution is -0.133. The van der Waals surface area contributed by atoms with Crippen LogP contribution in [0.4, 0.5) is 0 Å². The molecule has 1 unspecified atom stereocenters. The highest BCUT2D eigenvalue weighted by atomic mass is 32.1. The minimum Gasteiger partial charge on any atom is -0.394 e. The SMILES string of the molecule is Cc1sc(=O)n(CC(=O)N(C)C(C)CO)c1C. The van der Waals surface area contributed by atoms with E-state index in [4.69, 9.17) is 5.11 Å². The predicted molar refractivity (Wildman–Crippen MR) is 67.4 cm³/mol. The first kappa shape index (κ1) is 13.9. The topological polar surface area (TPSA) is 62.5 Å². The van der Waals surface area contributed by atoms with Crippen LogP contribution in [0.3, 0.4) is 0 Å². The number of rotatable bonds is 4. The molecule has 0 aliphatic rings. The molecule has 0 aromatic carbocycles. The third-order valence-corrected chi connectivity index (χ3v) is 3.98. The number of hydrogen-bond acceptors (Lipinski definition) is 4. The summed E-state index contributed by atoms with van der Waals surface area (Å²) in [4.78, 5) is 25.8. The summed E-state index contributed by atoms with van der Waals surface area (Å²) in [5.41, 5.74) is 0.832. The van der Waals surface area contributed by atoms with Crippen LogP contribution in [0.2, 0.25) is 0 Å². The van der Waals surface area contributed by atoms with E-state index in [-0.39, 0.29) is 30.0 Å². The number of carbonyl (C=O) groups is 1. The molecular formula is C11H18N2O3S. The molecule has 17 heavy (non-hydrogen) atoms. The lowest BCUT2D eigenvalue weighted by Gasteiger charge is -2.23. The molecule has 0 aliphatic heterocycles. The molecule has 0 saturated heterocycles. The average Bonchev–Trinajstić information content (AvgIpc) is 2.53. The number of aliphatic hydroxyl groups is 1. The smallest absolute Gasteiger partial charge is 0.308 e. The molecule has 1 aromatic rings. The zero-order valence-electron chi connectivity index (χ0n) is 10.6. The highest BCUT2D eigenvalue weighted by Crippen LogP contribution is 2.09. The number of aryl methyl sites for hydroxylation is 1. The van der Waals surface area contributed by atoms with Gasteiger partial charge in [-0.15, -0.1) is 0 Å². The Bertz CT molecular complexity index is 464. The second kappa shape index (κ2) is 5.46. The van der Waals surface area contributed by atoms with Gasteiger partial charge in [-0.3, -0.25) is 14.2 Å². The highest BCUT2D eigenvalue weighted by molar-refractivity contribution is 7.09. The molecule has 6 heteroatoms. The summed E-state index contributed by atoms with van der Waals surface area (Å²) < 4.78 is 1.48. The maximum absolute atomic E-state index is 11.9. The molecule has 0 fully saturated rings. The van der Waals surface area contributed by atoms with E-state index in [1.54, 1.807) is 14.0 Å². The van der Waals surface area contributed by atoms with E-state index >= 15 is 0 Å². The number of aromatic nitrogens is 1. The number of hydrogen-bond donors (Lipinski definition) is 1. The molecular weight excluding hydrogens is 240 g/mol. The molecule has 0 bridgehead atoms. The van der Waals surface area contributed by atoms with Gasteiger partial charge in [0, 0.05) is 17.6 Å². The van der Waals surface area contributed by atoms with Crippen LogP contribution in [0.15, 0.2) is 4.79 Å². The number of likely N-dealkylation sites (N-methyl/N-ethyl adjacent to an activating group) is 1. The summed E-state index contributed by atoms with van der Waals surface area (Å²) in [5.74, 6) is -0.172. The Morgan fingerprint density at radius 2 is 2.12 bits per heavy atom. The lowest BCUT2D eigenvalue weighted by Crippen LogP contribution is -2.40. The van der Waals surface area contributed by atoms with Gasteiger partial charge in [0.1, 0.15) is 6.54 Å². The fourth-order valence-corrected chi connectivity index (χ4v) is 2.22. The van der Waals surface area contributed by atoms with E-state index in [0.29, 0.717) is 0 Å². The molecule has 1 heterocycles. The van der Waals surface area contributed by atoms with Crippen LogP contribution in [0.1, 0.15) is 17.5 Å². The first-order valence-corrected chi connectivity index (χ1v) is 6.23. The Morgan fingerprint density at radius 3 is 2.53 bits per heavy atom. The quantitative estimate of drug-likeness (QED) is 0.848. The molecule has 1 rings (SSSR count). The predicted octanol–water partition coefficient (Wildman–Crippen LogP) is 0.366. The Kier molecular flexibility index (Phi) is 4.47. The number of nitrogens with zero attached hydrogens (tertiary/aromatic N) is 2. The lowest BCUT2D eigenvalue weighted by atomic mass is 10.3. The first-order valence-electron chi connectivity index (χ1n) is 5.41. The van der Waals surface area contributed by atoms with Gasteiger partial charge >= 0.3 is 4.87 Å². The van der Waals surface area contributed by atoms with Gasteiger partial charge in [0.05, 0.1) is 12.6 Å². The number of thiazole rings is 1. The van der Waals surface area contributed by atoms with Crippen LogP contribution in [0, 0.1) is 13.8 Å². The molecule has 0 radical (unpaired) electrons. The fraction of sp³-hybridized carbons (Fsp3) is 0.636. The van der Waals surface area contributed by atoms with E-state index in [2.05, 4.69) is 0 Å². The van der Waals surface area contributed by atoms with Crippen molar-refractivity contribution in [3.05, 3.63) is 20.2 Å². The van der Waals surface area contributed by atoms with Gasteiger partial charge in [0.15, 0.2) is 0 Å². The molecule has 1 amide bonds. The number of amides is 1. The van der Waals surface area contributed by atoms with Crippen molar-refractivity contribution in [3.8, 4) is 0 Å². The van der Waals surface area contributed by atoms with E-state index in [0.717, 1.165) is 21.9 Å². The maximum Gasteiger partial charge on any atom is 0.308 e. The van der Waals surface area contributed by atoms with Crippen molar-refractivity contribution in [2.75, 3.05) is 13.7 Å². The number of aliphatic hydroxyl groups excluding tert-OH is 1. The summed E-state index contributed by atoms with van der Waals surface area (Å²) in [6, 6.07) is -0.238. The molecule has 5 nitrogen and oxygen atoms in total. The molecule has 1 N–H and O–H groups in total. The molecule has 0 aliphatic carbocycles. The van der Waals surface area contributed by atoms with Crippen molar-refractivity contribution in [1.29, 1.82) is 0 Å². The van der Waals surface area contributed by atoms with Crippen molar-refractivity contribution in [2.24, 2.45) is 0 Å². The van der Waals surface area contributed by atoms with E-state index < -0.39 is 0 Å². The Balaban J connectivity index is 2.85. The minimum absolute atomic E-state index is 0.0375. The molecule has 96 valence electrons. The van der Waals surface area contributed by atoms with Gasteiger partial charge in [-0.25, -0.2) is 0 Å². The van der Waals surface area contributed by atoms with Crippen molar-refractivity contribution in [2.45, 2.75) is 33.4 Å². The van der Waals surface area contributed by atoms with Crippen molar-refractivity contribution >= 4 is 17.2 Å². The summed E-state index contributed by atoms with van der Waals surface area (Å²) in [7, 11) is 1.63. The summed E-state index contributed by atoms with van der Waals surface area (Å²) in [6.07, 6.45) is 0. The zero-order valence-corrected chi connectivity index (χ0v) is 11.4. The fourth-order valence-electron chi connectivity index (χ4n) is 1.39. The normalized spacial score (nSPS) is 12.5. The minimum atomic E-state index is -0.238. The van der Waals surface area contributed by atoms with E-state index in [1.165, 1.54) is 9.47 Å². The molecule has 1 aromatic heterocycles. The molecule has 0 spiro atoms. The summed E-state index contributed by atoms with van der Waals surface area (Å²) >= 11 is 1.15. The Labute approximate surface area is 104 Å². The van der Waals surface area contributed by atoms with Gasteiger partial charge in [0.2, 0.25) is 5.91 Å². The van der Waals surface area contributed by atoms with Crippen molar-refractivity contribution in [3.63, 3.8) is 0 Å². The van der Waals surface area contributed by atoms with E-state index in [9.17, 15) is 9.59 Å². The van der Waals surface area contributed by atoms with Gasteiger partial charge < -0.3 is 10.0 Å². The Morgan fingerprint density at radius 1 is 1.53 bits per heavy atom. The van der Waals surface area contributed by atoms with Crippen molar-refractivity contribution in [1.82, 2.24) is 9.47 Å². The third kappa shape index (κ3) is 2.95. The van der Waals surface area contributed by atoms with Gasteiger partial charge in [0.25, 0.3) is 0 Å².